The van der Waals surface area contributed by atoms with Crippen molar-refractivity contribution in [2.45, 2.75) is 13.3 Å². The van der Waals surface area contributed by atoms with E-state index in [-0.39, 0.29) is 5.56 Å². The maximum atomic E-state index is 11.9. The van der Waals surface area contributed by atoms with E-state index in [4.69, 9.17) is 0 Å². The zero-order valence-corrected chi connectivity index (χ0v) is 8.95. The normalized spacial score (nSPS) is 10.5. The summed E-state index contributed by atoms with van der Waals surface area (Å²) in [6.45, 7) is 2.04. The third-order valence-electron chi connectivity index (χ3n) is 2.54. The molecule has 0 aliphatic rings. The van der Waals surface area contributed by atoms with E-state index in [2.05, 4.69) is 5.10 Å². The van der Waals surface area contributed by atoms with Crippen LogP contribution >= 0.6 is 0 Å². The molecular weight excluding hydrogens is 188 g/mol. The summed E-state index contributed by atoms with van der Waals surface area (Å²) in [7, 11) is 1.74. The largest absolute Gasteiger partial charge is 0.299 e. The average Bonchev–Trinajstić information content (AvgIpc) is 2.56. The summed E-state index contributed by atoms with van der Waals surface area (Å²) >= 11 is 0. The number of H-pyrrole nitrogens is 1. The number of aryl methyl sites for hydroxylation is 2. The maximum absolute atomic E-state index is 11.9. The van der Waals surface area contributed by atoms with E-state index in [1.807, 2.05) is 37.3 Å². The fourth-order valence-corrected chi connectivity index (χ4v) is 1.76. The van der Waals surface area contributed by atoms with Crippen molar-refractivity contribution in [2.24, 2.45) is 7.05 Å². The Kier molecular flexibility index (Phi) is 2.46. The third kappa shape index (κ3) is 1.61. The van der Waals surface area contributed by atoms with Gasteiger partial charge in [-0.2, -0.15) is 0 Å². The molecular formula is C12H14N2O. The fourth-order valence-electron chi connectivity index (χ4n) is 1.76. The predicted molar refractivity (Wildman–Crippen MR) is 60.8 cm³/mol. The Bertz CT molecular complexity index is 508. The van der Waals surface area contributed by atoms with Crippen LogP contribution in [-0.4, -0.2) is 9.78 Å². The van der Waals surface area contributed by atoms with Crippen molar-refractivity contribution >= 4 is 0 Å². The lowest BCUT2D eigenvalue weighted by Crippen LogP contribution is -2.12. The van der Waals surface area contributed by atoms with Crippen LogP contribution in [0.3, 0.4) is 0 Å². The van der Waals surface area contributed by atoms with Crippen molar-refractivity contribution in [2.75, 3.05) is 0 Å². The van der Waals surface area contributed by atoms with Crippen LogP contribution in [0.5, 0.6) is 0 Å². The van der Waals surface area contributed by atoms with Gasteiger partial charge >= 0.3 is 0 Å². The number of aromatic amines is 1. The molecule has 0 atom stereocenters. The second kappa shape index (κ2) is 3.77. The minimum Gasteiger partial charge on any atom is -0.299 e. The van der Waals surface area contributed by atoms with Crippen LogP contribution in [0.1, 0.15) is 12.6 Å². The highest BCUT2D eigenvalue weighted by atomic mass is 16.1. The summed E-state index contributed by atoms with van der Waals surface area (Å²) in [5.74, 6) is 0. The Morgan fingerprint density at radius 2 is 1.93 bits per heavy atom. The van der Waals surface area contributed by atoms with Crippen LogP contribution in [0, 0.1) is 0 Å². The van der Waals surface area contributed by atoms with Crippen LogP contribution in [-0.2, 0) is 13.5 Å². The highest BCUT2D eigenvalue weighted by molar-refractivity contribution is 5.64. The van der Waals surface area contributed by atoms with Gasteiger partial charge in [0.2, 0.25) is 0 Å². The molecule has 0 spiro atoms. The van der Waals surface area contributed by atoms with E-state index < -0.39 is 0 Å². The van der Waals surface area contributed by atoms with Crippen molar-refractivity contribution in [1.82, 2.24) is 9.78 Å². The molecule has 0 saturated heterocycles. The van der Waals surface area contributed by atoms with E-state index in [1.165, 1.54) is 4.68 Å². The van der Waals surface area contributed by atoms with Gasteiger partial charge in [-0.1, -0.05) is 37.3 Å². The number of nitrogens with zero attached hydrogens (tertiary/aromatic N) is 1. The van der Waals surface area contributed by atoms with Crippen LogP contribution in [0.25, 0.3) is 11.1 Å². The lowest BCUT2D eigenvalue weighted by atomic mass is 10.1. The van der Waals surface area contributed by atoms with E-state index in [0.29, 0.717) is 0 Å². The second-order valence-electron chi connectivity index (χ2n) is 3.55. The number of aromatic nitrogens is 2. The minimum absolute atomic E-state index is 0.0399. The molecule has 1 aromatic carbocycles. The van der Waals surface area contributed by atoms with Gasteiger partial charge in [0.25, 0.3) is 5.56 Å². The zero-order valence-electron chi connectivity index (χ0n) is 8.95. The Balaban J connectivity index is 2.67. The number of nitrogens with one attached hydrogen (secondary N) is 1. The molecule has 0 bridgehead atoms. The second-order valence-corrected chi connectivity index (χ2v) is 3.55. The van der Waals surface area contributed by atoms with Crippen LogP contribution in [0.2, 0.25) is 0 Å². The molecule has 0 aliphatic heterocycles. The molecule has 15 heavy (non-hydrogen) atoms. The number of hydrogen-bond acceptors (Lipinski definition) is 1. The van der Waals surface area contributed by atoms with Gasteiger partial charge in [-0.25, -0.2) is 0 Å². The number of hydrogen-bond donors (Lipinski definition) is 1. The molecule has 3 nitrogen and oxygen atoms in total. The quantitative estimate of drug-likeness (QED) is 0.794. The molecule has 2 rings (SSSR count). The van der Waals surface area contributed by atoms with Crippen LogP contribution in [0.4, 0.5) is 0 Å². The van der Waals surface area contributed by atoms with Crippen molar-refractivity contribution in [3.05, 3.63) is 46.4 Å². The standard InChI is InChI=1S/C12H14N2O/c1-3-10-11(12(15)14(2)13-10)9-7-5-4-6-8-9/h4-8,13H,3H2,1-2H3. The number of rotatable bonds is 2. The third-order valence-corrected chi connectivity index (χ3v) is 2.54. The first-order valence-electron chi connectivity index (χ1n) is 5.07. The maximum Gasteiger partial charge on any atom is 0.274 e. The van der Waals surface area contributed by atoms with Gasteiger partial charge in [-0.05, 0) is 12.0 Å². The Labute approximate surface area is 88.4 Å². The first-order chi connectivity index (χ1) is 7.24. The number of benzene rings is 1. The van der Waals surface area contributed by atoms with Crippen molar-refractivity contribution in [1.29, 1.82) is 0 Å². The SMILES string of the molecule is CCc1[nH]n(C)c(=O)c1-c1ccccc1. The van der Waals surface area contributed by atoms with Gasteiger partial charge < -0.3 is 0 Å². The predicted octanol–water partition coefficient (Wildman–Crippen LogP) is 1.94. The zero-order chi connectivity index (χ0) is 10.8. The van der Waals surface area contributed by atoms with E-state index in [0.717, 1.165) is 23.2 Å². The fraction of sp³-hybridized carbons (Fsp3) is 0.250. The Morgan fingerprint density at radius 1 is 1.27 bits per heavy atom. The molecule has 0 aliphatic carbocycles. The van der Waals surface area contributed by atoms with Crippen molar-refractivity contribution < 1.29 is 0 Å². The first kappa shape index (κ1) is 9.77. The summed E-state index contributed by atoms with van der Waals surface area (Å²) in [5, 5.41) is 3.07. The van der Waals surface area contributed by atoms with Gasteiger partial charge in [0.15, 0.2) is 0 Å². The highest BCUT2D eigenvalue weighted by Gasteiger charge is 2.11. The molecule has 0 unspecified atom stereocenters. The molecule has 1 aromatic heterocycles. The van der Waals surface area contributed by atoms with E-state index >= 15 is 0 Å². The summed E-state index contributed by atoms with van der Waals surface area (Å²) in [6, 6.07) is 9.77. The minimum atomic E-state index is 0.0399. The van der Waals surface area contributed by atoms with E-state index in [9.17, 15) is 4.79 Å². The van der Waals surface area contributed by atoms with Crippen LogP contribution < -0.4 is 5.56 Å². The van der Waals surface area contributed by atoms with Crippen molar-refractivity contribution in [3.63, 3.8) is 0 Å². The summed E-state index contributed by atoms with van der Waals surface area (Å²) in [5.41, 5.74) is 2.81. The molecule has 78 valence electrons. The lowest BCUT2D eigenvalue weighted by molar-refractivity contribution is 0.723. The molecule has 0 fully saturated rings. The average molecular weight is 202 g/mol. The summed E-state index contributed by atoms with van der Waals surface area (Å²) < 4.78 is 1.53. The molecule has 0 radical (unpaired) electrons. The topological polar surface area (TPSA) is 37.8 Å². The molecule has 1 heterocycles. The summed E-state index contributed by atoms with van der Waals surface area (Å²) in [4.78, 5) is 11.9. The Hall–Kier alpha value is -1.77. The van der Waals surface area contributed by atoms with Gasteiger partial charge in [0.05, 0.1) is 5.56 Å². The molecule has 0 saturated carbocycles. The van der Waals surface area contributed by atoms with Gasteiger partial charge in [0.1, 0.15) is 0 Å². The van der Waals surface area contributed by atoms with Gasteiger partial charge in [0, 0.05) is 12.7 Å². The summed E-state index contributed by atoms with van der Waals surface area (Å²) in [6.07, 6.45) is 0.834. The monoisotopic (exact) mass is 202 g/mol. The Morgan fingerprint density at radius 3 is 2.53 bits per heavy atom. The highest BCUT2D eigenvalue weighted by Crippen LogP contribution is 2.18. The molecule has 2 aromatic rings. The first-order valence-corrected chi connectivity index (χ1v) is 5.07. The molecule has 0 amide bonds. The molecule has 3 heteroatoms. The molecule has 1 N–H and O–H groups in total. The van der Waals surface area contributed by atoms with E-state index in [1.54, 1.807) is 7.05 Å². The lowest BCUT2D eigenvalue weighted by Gasteiger charge is -1.98. The van der Waals surface area contributed by atoms with Crippen LogP contribution in [0.15, 0.2) is 35.1 Å². The van der Waals surface area contributed by atoms with Crippen molar-refractivity contribution in [3.8, 4) is 11.1 Å². The smallest absolute Gasteiger partial charge is 0.274 e. The van der Waals surface area contributed by atoms with Gasteiger partial charge in [-0.15, -0.1) is 0 Å². The van der Waals surface area contributed by atoms with Gasteiger partial charge in [-0.3, -0.25) is 14.6 Å².